The third-order valence-corrected chi connectivity index (χ3v) is 2.79. The molecule has 0 heterocycles. The van der Waals surface area contributed by atoms with E-state index in [1.165, 1.54) is 0 Å². The van der Waals surface area contributed by atoms with Gasteiger partial charge in [-0.3, -0.25) is 4.79 Å². The number of hydrogen-bond donors (Lipinski definition) is 1. The fourth-order valence-electron chi connectivity index (χ4n) is 1.83. The van der Waals surface area contributed by atoms with Crippen molar-refractivity contribution in [1.29, 1.82) is 5.26 Å². The van der Waals surface area contributed by atoms with E-state index >= 15 is 0 Å². The fourth-order valence-corrected chi connectivity index (χ4v) is 1.83. The normalized spacial score (nSPS) is 9.64. The zero-order valence-corrected chi connectivity index (χ0v) is 12.2. The summed E-state index contributed by atoms with van der Waals surface area (Å²) >= 11 is 0. The summed E-state index contributed by atoms with van der Waals surface area (Å²) in [7, 11) is 0. The number of nitrogens with zero attached hydrogens (tertiary/aromatic N) is 1. The number of para-hydroxylation sites is 1. The molecule has 112 valence electrons. The lowest BCUT2D eigenvalue weighted by molar-refractivity contribution is -0.118. The molecule has 0 bridgehead atoms. The molecule has 2 rings (SSSR count). The zero-order chi connectivity index (χ0) is 15.8. The first kappa shape index (κ1) is 15.4. The summed E-state index contributed by atoms with van der Waals surface area (Å²) in [6.45, 7) is 2.15. The van der Waals surface area contributed by atoms with Crippen LogP contribution in [0.15, 0.2) is 48.5 Å². The van der Waals surface area contributed by atoms with Gasteiger partial charge in [-0.25, -0.2) is 0 Å². The zero-order valence-electron chi connectivity index (χ0n) is 12.2. The molecular weight excluding hydrogens is 280 g/mol. The predicted molar refractivity (Wildman–Crippen MR) is 82.9 cm³/mol. The summed E-state index contributed by atoms with van der Waals surface area (Å²) in [5.74, 6) is 0.621. The van der Waals surface area contributed by atoms with Gasteiger partial charge in [0.25, 0.3) is 5.91 Å². The molecule has 5 nitrogen and oxygen atoms in total. The number of benzene rings is 2. The maximum Gasteiger partial charge on any atom is 0.262 e. The second kappa shape index (κ2) is 7.70. The van der Waals surface area contributed by atoms with Crippen molar-refractivity contribution in [1.82, 2.24) is 0 Å². The lowest BCUT2D eigenvalue weighted by Gasteiger charge is -2.12. The average molecular weight is 296 g/mol. The van der Waals surface area contributed by atoms with Crippen LogP contribution in [0.1, 0.15) is 12.5 Å². The van der Waals surface area contributed by atoms with Gasteiger partial charge in [-0.2, -0.15) is 5.26 Å². The monoisotopic (exact) mass is 296 g/mol. The smallest absolute Gasteiger partial charge is 0.262 e. The van der Waals surface area contributed by atoms with Crippen molar-refractivity contribution < 1.29 is 14.3 Å². The SMILES string of the molecule is CCOc1cc(C#N)ccc1OCC(=O)Nc1ccccc1. The maximum absolute atomic E-state index is 11.8. The van der Waals surface area contributed by atoms with Gasteiger partial charge in [-0.15, -0.1) is 0 Å². The van der Waals surface area contributed by atoms with Crippen LogP contribution in [-0.4, -0.2) is 19.1 Å². The average Bonchev–Trinajstić information content (AvgIpc) is 2.55. The van der Waals surface area contributed by atoms with Gasteiger partial charge in [0.2, 0.25) is 0 Å². The van der Waals surface area contributed by atoms with E-state index in [0.29, 0.717) is 29.4 Å². The Morgan fingerprint density at radius 2 is 1.91 bits per heavy atom. The number of ether oxygens (including phenoxy) is 2. The molecule has 1 amide bonds. The van der Waals surface area contributed by atoms with E-state index in [1.54, 1.807) is 30.3 Å². The Hall–Kier alpha value is -3.00. The topological polar surface area (TPSA) is 71.3 Å². The fraction of sp³-hybridized carbons (Fsp3) is 0.176. The highest BCUT2D eigenvalue weighted by Gasteiger charge is 2.09. The van der Waals surface area contributed by atoms with Crippen molar-refractivity contribution in [3.8, 4) is 17.6 Å². The number of carbonyl (C=O) groups is 1. The van der Waals surface area contributed by atoms with Crippen LogP contribution in [0.25, 0.3) is 0 Å². The van der Waals surface area contributed by atoms with Gasteiger partial charge >= 0.3 is 0 Å². The van der Waals surface area contributed by atoms with Crippen LogP contribution in [-0.2, 0) is 4.79 Å². The number of amides is 1. The van der Waals surface area contributed by atoms with E-state index in [2.05, 4.69) is 5.32 Å². The Labute approximate surface area is 129 Å². The number of anilines is 1. The molecule has 0 saturated heterocycles. The van der Waals surface area contributed by atoms with Crippen molar-refractivity contribution in [2.75, 3.05) is 18.5 Å². The van der Waals surface area contributed by atoms with Gasteiger partial charge < -0.3 is 14.8 Å². The van der Waals surface area contributed by atoms with E-state index in [4.69, 9.17) is 14.7 Å². The number of rotatable bonds is 6. The summed E-state index contributed by atoms with van der Waals surface area (Å²) in [6.07, 6.45) is 0. The van der Waals surface area contributed by atoms with Gasteiger partial charge in [0.1, 0.15) is 0 Å². The second-order valence-electron chi connectivity index (χ2n) is 4.41. The molecule has 0 saturated carbocycles. The minimum atomic E-state index is -0.266. The van der Waals surface area contributed by atoms with Gasteiger partial charge in [-0.1, -0.05) is 18.2 Å². The molecule has 0 aliphatic carbocycles. The largest absolute Gasteiger partial charge is 0.490 e. The molecule has 0 fully saturated rings. The Morgan fingerprint density at radius 1 is 1.14 bits per heavy atom. The van der Waals surface area contributed by atoms with Crippen molar-refractivity contribution in [3.05, 3.63) is 54.1 Å². The highest BCUT2D eigenvalue weighted by Crippen LogP contribution is 2.28. The Kier molecular flexibility index (Phi) is 5.38. The molecule has 0 radical (unpaired) electrons. The summed E-state index contributed by atoms with van der Waals surface area (Å²) in [5.41, 5.74) is 1.19. The van der Waals surface area contributed by atoms with E-state index in [9.17, 15) is 4.79 Å². The van der Waals surface area contributed by atoms with Crippen molar-refractivity contribution >= 4 is 11.6 Å². The van der Waals surface area contributed by atoms with Crippen LogP contribution in [0.2, 0.25) is 0 Å². The standard InChI is InChI=1S/C17H16N2O3/c1-2-21-16-10-13(11-18)8-9-15(16)22-12-17(20)19-14-6-4-3-5-7-14/h3-10H,2,12H2,1H3,(H,19,20). The molecule has 1 N–H and O–H groups in total. The van der Waals surface area contributed by atoms with Gasteiger partial charge in [0, 0.05) is 11.8 Å². The number of hydrogen-bond acceptors (Lipinski definition) is 4. The van der Waals surface area contributed by atoms with Crippen LogP contribution >= 0.6 is 0 Å². The van der Waals surface area contributed by atoms with Crippen molar-refractivity contribution in [2.45, 2.75) is 6.92 Å². The van der Waals surface area contributed by atoms with E-state index in [0.717, 1.165) is 0 Å². The molecule has 0 aliphatic heterocycles. The summed E-state index contributed by atoms with van der Waals surface area (Å²) in [6, 6.07) is 16.0. The first-order chi connectivity index (χ1) is 10.7. The first-order valence-corrected chi connectivity index (χ1v) is 6.87. The van der Waals surface area contributed by atoms with Gasteiger partial charge in [0.15, 0.2) is 18.1 Å². The first-order valence-electron chi connectivity index (χ1n) is 6.87. The summed E-state index contributed by atoms with van der Waals surface area (Å²) < 4.78 is 10.9. The van der Waals surface area contributed by atoms with Gasteiger partial charge in [0.05, 0.1) is 18.2 Å². The molecule has 0 spiro atoms. The minimum Gasteiger partial charge on any atom is -0.490 e. The second-order valence-corrected chi connectivity index (χ2v) is 4.41. The Bertz CT molecular complexity index is 678. The third kappa shape index (κ3) is 4.25. The predicted octanol–water partition coefficient (Wildman–Crippen LogP) is 2.97. The molecule has 0 aromatic heterocycles. The molecule has 2 aromatic rings. The lowest BCUT2D eigenvalue weighted by atomic mass is 10.2. The Balaban J connectivity index is 1.99. The van der Waals surface area contributed by atoms with Crippen molar-refractivity contribution in [2.24, 2.45) is 0 Å². The third-order valence-electron chi connectivity index (χ3n) is 2.79. The van der Waals surface area contributed by atoms with Crippen LogP contribution in [0.4, 0.5) is 5.69 Å². The van der Waals surface area contributed by atoms with Crippen LogP contribution < -0.4 is 14.8 Å². The Morgan fingerprint density at radius 3 is 2.59 bits per heavy atom. The molecule has 5 heteroatoms. The molecular formula is C17H16N2O3. The molecule has 2 aromatic carbocycles. The van der Waals surface area contributed by atoms with E-state index < -0.39 is 0 Å². The number of carbonyl (C=O) groups excluding carboxylic acids is 1. The van der Waals surface area contributed by atoms with Gasteiger partial charge in [-0.05, 0) is 31.2 Å². The molecule has 0 atom stereocenters. The molecule has 22 heavy (non-hydrogen) atoms. The highest BCUT2D eigenvalue weighted by atomic mass is 16.5. The van der Waals surface area contributed by atoms with Crippen LogP contribution in [0, 0.1) is 11.3 Å². The van der Waals surface area contributed by atoms with Crippen molar-refractivity contribution in [3.63, 3.8) is 0 Å². The summed E-state index contributed by atoms with van der Waals surface area (Å²) in [4.78, 5) is 11.8. The lowest BCUT2D eigenvalue weighted by Crippen LogP contribution is -2.20. The molecule has 0 unspecified atom stereocenters. The molecule has 0 aliphatic rings. The van der Waals surface area contributed by atoms with E-state index in [-0.39, 0.29) is 12.5 Å². The maximum atomic E-state index is 11.8. The number of nitriles is 1. The van der Waals surface area contributed by atoms with Crippen LogP contribution in [0.3, 0.4) is 0 Å². The highest BCUT2D eigenvalue weighted by molar-refractivity contribution is 5.91. The van der Waals surface area contributed by atoms with E-state index in [1.807, 2.05) is 31.2 Å². The quantitative estimate of drug-likeness (QED) is 0.889. The number of nitrogens with one attached hydrogen (secondary N) is 1. The summed E-state index contributed by atoms with van der Waals surface area (Å²) in [5, 5.41) is 11.6. The minimum absolute atomic E-state index is 0.138. The van der Waals surface area contributed by atoms with Crippen LogP contribution in [0.5, 0.6) is 11.5 Å².